The number of imide groups is 1. The van der Waals surface area contributed by atoms with E-state index in [0.717, 1.165) is 0 Å². The van der Waals surface area contributed by atoms with Crippen LogP contribution in [0.25, 0.3) is 0 Å². The summed E-state index contributed by atoms with van der Waals surface area (Å²) >= 11 is 0. The molecule has 1 aromatic rings. The number of hydrogen-bond acceptors (Lipinski definition) is 5. The first kappa shape index (κ1) is 15.1. The zero-order valence-electron chi connectivity index (χ0n) is 11.4. The molecule has 2 rings (SSSR count). The average Bonchev–Trinajstić information content (AvgIpc) is 2.37. The van der Waals surface area contributed by atoms with E-state index in [1.165, 1.54) is 20.1 Å². The van der Waals surface area contributed by atoms with Gasteiger partial charge in [-0.3, -0.25) is 14.8 Å². The van der Waals surface area contributed by atoms with Gasteiger partial charge in [0.15, 0.2) is 5.25 Å². The van der Waals surface area contributed by atoms with Gasteiger partial charge in [-0.05, 0) is 19.1 Å². The molecule has 1 aliphatic heterocycles. The van der Waals surface area contributed by atoms with Gasteiger partial charge in [-0.25, -0.2) is 13.2 Å². The molecular formula is C12H15N3O5S. The number of urea groups is 1. The lowest BCUT2D eigenvalue weighted by Gasteiger charge is -2.28. The zero-order chi connectivity index (χ0) is 15.6. The van der Waals surface area contributed by atoms with Crippen LogP contribution in [0, 0.1) is 0 Å². The highest BCUT2D eigenvalue weighted by molar-refractivity contribution is 7.94. The number of carbonyl (C=O) groups excluding carboxylic acids is 2. The Labute approximate surface area is 121 Å². The van der Waals surface area contributed by atoms with Crippen molar-refractivity contribution in [1.82, 2.24) is 10.6 Å². The van der Waals surface area contributed by atoms with E-state index < -0.39 is 33.3 Å². The fourth-order valence-corrected chi connectivity index (χ4v) is 3.63. The fraction of sp³-hybridized carbons (Fsp3) is 0.333. The second kappa shape index (κ2) is 5.60. The fourth-order valence-electron chi connectivity index (χ4n) is 2.08. The summed E-state index contributed by atoms with van der Waals surface area (Å²) in [5.41, 5.74) is 0.219. The third-order valence-electron chi connectivity index (χ3n) is 3.00. The minimum Gasteiger partial charge on any atom is -0.495 e. The van der Waals surface area contributed by atoms with Gasteiger partial charge < -0.3 is 10.1 Å². The quantitative estimate of drug-likeness (QED) is 0.726. The molecule has 1 fully saturated rings. The molecule has 1 aliphatic rings. The van der Waals surface area contributed by atoms with Gasteiger partial charge >= 0.3 is 6.03 Å². The predicted octanol–water partition coefficient (Wildman–Crippen LogP) is 0.0334. The zero-order valence-corrected chi connectivity index (χ0v) is 12.2. The van der Waals surface area contributed by atoms with Gasteiger partial charge in [-0.1, -0.05) is 12.1 Å². The Balaban J connectivity index is 2.30. The molecule has 0 saturated carbocycles. The van der Waals surface area contributed by atoms with Gasteiger partial charge in [-0.2, -0.15) is 0 Å². The van der Waals surface area contributed by atoms with E-state index in [4.69, 9.17) is 4.74 Å². The largest absolute Gasteiger partial charge is 0.495 e. The van der Waals surface area contributed by atoms with Gasteiger partial charge in [0.2, 0.25) is 15.9 Å². The Morgan fingerprint density at radius 3 is 2.52 bits per heavy atom. The number of rotatable bonds is 4. The topological polar surface area (TPSA) is 114 Å². The summed E-state index contributed by atoms with van der Waals surface area (Å²) in [7, 11) is -2.64. The SMILES string of the molecule is COc1ccccc1NS(=O)(=O)C1C(=O)NC(=O)NC1C. The van der Waals surface area contributed by atoms with E-state index in [1.54, 1.807) is 18.2 Å². The molecule has 0 spiro atoms. The number of sulfonamides is 1. The van der Waals surface area contributed by atoms with Gasteiger partial charge in [0.05, 0.1) is 18.8 Å². The number of ether oxygens (including phenoxy) is 1. The third-order valence-corrected chi connectivity index (χ3v) is 4.80. The highest BCUT2D eigenvalue weighted by Crippen LogP contribution is 2.25. The Hall–Kier alpha value is -2.29. The molecule has 1 saturated heterocycles. The van der Waals surface area contributed by atoms with Crippen molar-refractivity contribution in [1.29, 1.82) is 0 Å². The molecule has 3 amide bonds. The maximum Gasteiger partial charge on any atom is 0.321 e. The van der Waals surface area contributed by atoms with Crippen LogP contribution in [0.5, 0.6) is 5.75 Å². The van der Waals surface area contributed by atoms with Crippen molar-refractivity contribution in [2.24, 2.45) is 0 Å². The third kappa shape index (κ3) is 3.07. The van der Waals surface area contributed by atoms with Crippen molar-refractivity contribution in [3.05, 3.63) is 24.3 Å². The summed E-state index contributed by atoms with van der Waals surface area (Å²) < 4.78 is 32.1. The lowest BCUT2D eigenvalue weighted by Crippen LogP contribution is -2.63. The first-order chi connectivity index (χ1) is 9.85. The number of nitrogens with one attached hydrogen (secondary N) is 3. The summed E-state index contributed by atoms with van der Waals surface area (Å²) in [4.78, 5) is 22.9. The molecule has 3 N–H and O–H groups in total. The molecule has 0 aromatic heterocycles. The van der Waals surface area contributed by atoms with Gasteiger partial charge in [-0.15, -0.1) is 0 Å². The Morgan fingerprint density at radius 1 is 1.24 bits per heavy atom. The molecule has 2 atom stereocenters. The van der Waals surface area contributed by atoms with Crippen LogP contribution in [0.4, 0.5) is 10.5 Å². The summed E-state index contributed by atoms with van der Waals surface area (Å²) in [5.74, 6) is -0.539. The van der Waals surface area contributed by atoms with Crippen molar-refractivity contribution >= 4 is 27.6 Å². The summed E-state index contributed by atoms with van der Waals surface area (Å²) in [5, 5.41) is 2.87. The first-order valence-corrected chi connectivity index (χ1v) is 7.66. The van der Waals surface area contributed by atoms with Crippen LogP contribution in [0.1, 0.15) is 6.92 Å². The van der Waals surface area contributed by atoms with Crippen molar-refractivity contribution in [2.45, 2.75) is 18.2 Å². The maximum absolute atomic E-state index is 12.4. The molecule has 0 bridgehead atoms. The number of amides is 3. The molecule has 2 unspecified atom stereocenters. The van der Waals surface area contributed by atoms with Gasteiger partial charge in [0.25, 0.3) is 0 Å². The molecular weight excluding hydrogens is 298 g/mol. The Morgan fingerprint density at radius 2 is 1.90 bits per heavy atom. The van der Waals surface area contributed by atoms with Crippen LogP contribution in [0.2, 0.25) is 0 Å². The molecule has 9 heteroatoms. The number of benzene rings is 1. The van der Waals surface area contributed by atoms with Gasteiger partial charge in [0.1, 0.15) is 5.75 Å². The van der Waals surface area contributed by atoms with Crippen molar-refractivity contribution in [3.63, 3.8) is 0 Å². The summed E-state index contributed by atoms with van der Waals surface area (Å²) in [6.45, 7) is 1.45. The second-order valence-corrected chi connectivity index (χ2v) is 6.32. The molecule has 8 nitrogen and oxygen atoms in total. The predicted molar refractivity (Wildman–Crippen MR) is 75.5 cm³/mol. The van der Waals surface area contributed by atoms with Crippen LogP contribution in [-0.2, 0) is 14.8 Å². The van der Waals surface area contributed by atoms with Crippen LogP contribution in [0.3, 0.4) is 0 Å². The van der Waals surface area contributed by atoms with E-state index in [-0.39, 0.29) is 5.69 Å². The number of carbonyl (C=O) groups is 2. The van der Waals surface area contributed by atoms with Crippen LogP contribution < -0.4 is 20.1 Å². The smallest absolute Gasteiger partial charge is 0.321 e. The molecule has 0 aliphatic carbocycles. The Kier molecular flexibility index (Phi) is 4.03. The van der Waals surface area contributed by atoms with E-state index >= 15 is 0 Å². The van der Waals surface area contributed by atoms with Crippen LogP contribution in [0.15, 0.2) is 24.3 Å². The monoisotopic (exact) mass is 313 g/mol. The second-order valence-electron chi connectivity index (χ2n) is 4.52. The Bertz CT molecular complexity index is 673. The normalized spacial score (nSPS) is 22.2. The number of anilines is 1. The maximum atomic E-state index is 12.4. The average molecular weight is 313 g/mol. The minimum absolute atomic E-state index is 0.219. The number of methoxy groups -OCH3 is 1. The van der Waals surface area contributed by atoms with Crippen molar-refractivity contribution < 1.29 is 22.7 Å². The van der Waals surface area contributed by atoms with E-state index in [2.05, 4.69) is 10.0 Å². The number of hydrogen-bond donors (Lipinski definition) is 3. The van der Waals surface area contributed by atoms with Crippen LogP contribution >= 0.6 is 0 Å². The summed E-state index contributed by atoms with van der Waals surface area (Å²) in [6, 6.07) is 4.86. The van der Waals surface area contributed by atoms with Gasteiger partial charge in [0, 0.05) is 0 Å². The lowest BCUT2D eigenvalue weighted by molar-refractivity contribution is -0.120. The molecule has 114 valence electrons. The highest BCUT2D eigenvalue weighted by Gasteiger charge is 2.42. The van der Waals surface area contributed by atoms with E-state index in [1.807, 2.05) is 5.32 Å². The van der Waals surface area contributed by atoms with Crippen molar-refractivity contribution in [2.75, 3.05) is 11.8 Å². The molecule has 1 aromatic carbocycles. The lowest BCUT2D eigenvalue weighted by atomic mass is 10.2. The minimum atomic E-state index is -4.05. The van der Waals surface area contributed by atoms with E-state index in [9.17, 15) is 18.0 Å². The number of para-hydroxylation sites is 2. The summed E-state index contributed by atoms with van der Waals surface area (Å²) in [6.07, 6.45) is 0. The standard InChI is InChI=1S/C12H15N3O5S/c1-7-10(11(16)14-12(17)13-7)21(18,19)15-8-5-3-4-6-9(8)20-2/h3-7,10,15H,1-2H3,(H2,13,14,16,17). The first-order valence-electron chi connectivity index (χ1n) is 6.11. The molecule has 21 heavy (non-hydrogen) atoms. The molecule has 0 radical (unpaired) electrons. The highest BCUT2D eigenvalue weighted by atomic mass is 32.2. The van der Waals surface area contributed by atoms with Crippen LogP contribution in [-0.4, -0.2) is 38.8 Å². The molecule has 1 heterocycles. The van der Waals surface area contributed by atoms with Crippen molar-refractivity contribution in [3.8, 4) is 5.75 Å². The van der Waals surface area contributed by atoms with E-state index in [0.29, 0.717) is 5.75 Å².